The normalized spacial score (nSPS) is 19.0. The monoisotopic (exact) mass is 153 g/mol. The third-order valence-electron chi connectivity index (χ3n) is 1.83. The lowest BCUT2D eigenvalue weighted by Gasteiger charge is -2.25. The molecule has 0 unspecified atom stereocenters. The third-order valence-corrected chi connectivity index (χ3v) is 1.83. The summed E-state index contributed by atoms with van der Waals surface area (Å²) in [6.07, 6.45) is 0.997. The average Bonchev–Trinajstić information content (AvgIpc) is 2.07. The number of hydrogen-bond donors (Lipinski definition) is 0. The summed E-state index contributed by atoms with van der Waals surface area (Å²) in [5.41, 5.74) is 0. The van der Waals surface area contributed by atoms with Crippen LogP contribution in [0.25, 0.3) is 0 Å². The van der Waals surface area contributed by atoms with Crippen molar-refractivity contribution < 1.29 is 4.74 Å². The van der Waals surface area contributed by atoms with Gasteiger partial charge in [-0.2, -0.15) is 0 Å². The Morgan fingerprint density at radius 2 is 2.09 bits per heavy atom. The number of morpholine rings is 1. The van der Waals surface area contributed by atoms with E-state index in [1.165, 1.54) is 0 Å². The van der Waals surface area contributed by atoms with E-state index in [-0.39, 0.29) is 0 Å². The Balaban J connectivity index is 2.08. The maximum absolute atomic E-state index is 5.23. The van der Waals surface area contributed by atoms with Crippen LogP contribution in [-0.4, -0.2) is 37.7 Å². The minimum Gasteiger partial charge on any atom is -0.379 e. The Bertz CT molecular complexity index is 151. The molecule has 0 aromatic heterocycles. The molecule has 0 saturated carbocycles. The highest BCUT2D eigenvalue weighted by Crippen LogP contribution is 1.96. The molecule has 1 saturated heterocycles. The van der Waals surface area contributed by atoms with Crippen LogP contribution in [0, 0.1) is 11.8 Å². The molecule has 0 bridgehead atoms. The van der Waals surface area contributed by atoms with Crippen LogP contribution in [0.1, 0.15) is 13.3 Å². The molecule has 1 aliphatic heterocycles. The second-order valence-electron chi connectivity index (χ2n) is 2.63. The van der Waals surface area contributed by atoms with E-state index in [1.807, 2.05) is 6.92 Å². The van der Waals surface area contributed by atoms with E-state index in [0.29, 0.717) is 0 Å². The van der Waals surface area contributed by atoms with Gasteiger partial charge in [0.2, 0.25) is 0 Å². The Kier molecular flexibility index (Phi) is 4.03. The zero-order valence-electron chi connectivity index (χ0n) is 7.10. The molecule has 2 nitrogen and oxygen atoms in total. The Hall–Kier alpha value is -0.520. The Morgan fingerprint density at radius 3 is 2.73 bits per heavy atom. The van der Waals surface area contributed by atoms with Crippen LogP contribution in [0.5, 0.6) is 0 Å². The van der Waals surface area contributed by atoms with Crippen molar-refractivity contribution in [3.63, 3.8) is 0 Å². The van der Waals surface area contributed by atoms with Crippen LogP contribution in [0.15, 0.2) is 0 Å². The maximum atomic E-state index is 5.23. The minimum absolute atomic E-state index is 0.888. The van der Waals surface area contributed by atoms with Crippen molar-refractivity contribution in [2.24, 2.45) is 0 Å². The molecule has 1 rings (SSSR count). The molecule has 2 heteroatoms. The van der Waals surface area contributed by atoms with Gasteiger partial charge < -0.3 is 4.74 Å². The highest BCUT2D eigenvalue weighted by molar-refractivity contribution is 4.95. The Morgan fingerprint density at radius 1 is 1.36 bits per heavy atom. The first-order valence-electron chi connectivity index (χ1n) is 4.13. The van der Waals surface area contributed by atoms with Crippen LogP contribution < -0.4 is 0 Å². The summed E-state index contributed by atoms with van der Waals surface area (Å²) in [4.78, 5) is 2.40. The zero-order chi connectivity index (χ0) is 7.94. The van der Waals surface area contributed by atoms with Gasteiger partial charge in [0, 0.05) is 26.1 Å². The van der Waals surface area contributed by atoms with Gasteiger partial charge >= 0.3 is 0 Å². The minimum atomic E-state index is 0.888. The van der Waals surface area contributed by atoms with Gasteiger partial charge in [0.25, 0.3) is 0 Å². The third kappa shape index (κ3) is 3.41. The van der Waals surface area contributed by atoms with Crippen molar-refractivity contribution in [2.45, 2.75) is 13.3 Å². The van der Waals surface area contributed by atoms with Gasteiger partial charge in [-0.3, -0.25) is 4.90 Å². The van der Waals surface area contributed by atoms with Gasteiger partial charge in [0.15, 0.2) is 0 Å². The molecule has 0 atom stereocenters. The van der Waals surface area contributed by atoms with E-state index >= 15 is 0 Å². The molecular formula is C9H15NO. The molecule has 1 heterocycles. The van der Waals surface area contributed by atoms with Gasteiger partial charge in [-0.25, -0.2) is 0 Å². The van der Waals surface area contributed by atoms with Crippen LogP contribution in [-0.2, 0) is 4.74 Å². The molecule has 0 aromatic carbocycles. The summed E-state index contributed by atoms with van der Waals surface area (Å²) >= 11 is 0. The lowest BCUT2D eigenvalue weighted by molar-refractivity contribution is 0.0390. The van der Waals surface area contributed by atoms with Crippen LogP contribution >= 0.6 is 0 Å². The first-order valence-corrected chi connectivity index (χ1v) is 4.13. The fourth-order valence-corrected chi connectivity index (χ4v) is 1.16. The molecule has 0 aliphatic carbocycles. The highest BCUT2D eigenvalue weighted by atomic mass is 16.5. The molecule has 0 spiro atoms. The first kappa shape index (κ1) is 8.58. The summed E-state index contributed by atoms with van der Waals surface area (Å²) in [7, 11) is 0. The number of ether oxygens (including phenoxy) is 1. The topological polar surface area (TPSA) is 12.5 Å². The molecule has 11 heavy (non-hydrogen) atoms. The van der Waals surface area contributed by atoms with Crippen LogP contribution in [0.4, 0.5) is 0 Å². The summed E-state index contributed by atoms with van der Waals surface area (Å²) in [5.74, 6) is 5.96. The van der Waals surface area contributed by atoms with E-state index in [2.05, 4.69) is 16.7 Å². The van der Waals surface area contributed by atoms with Crippen molar-refractivity contribution in [1.82, 2.24) is 4.90 Å². The SMILES string of the molecule is CC#CCCN1CCOCC1. The molecule has 1 fully saturated rings. The van der Waals surface area contributed by atoms with Crippen molar-refractivity contribution in [1.29, 1.82) is 0 Å². The molecule has 0 radical (unpaired) electrons. The van der Waals surface area contributed by atoms with Crippen molar-refractivity contribution in [3.8, 4) is 11.8 Å². The first-order chi connectivity index (χ1) is 5.43. The van der Waals surface area contributed by atoms with E-state index in [1.54, 1.807) is 0 Å². The second kappa shape index (κ2) is 5.17. The van der Waals surface area contributed by atoms with Crippen molar-refractivity contribution in [2.75, 3.05) is 32.8 Å². The summed E-state index contributed by atoms with van der Waals surface area (Å²) < 4.78 is 5.23. The fraction of sp³-hybridized carbons (Fsp3) is 0.778. The van der Waals surface area contributed by atoms with E-state index < -0.39 is 0 Å². The standard InChI is InChI=1S/C9H15NO/c1-2-3-4-5-10-6-8-11-9-7-10/h4-9H2,1H3. The van der Waals surface area contributed by atoms with Gasteiger partial charge in [0.1, 0.15) is 0 Å². The van der Waals surface area contributed by atoms with Crippen LogP contribution in [0.2, 0.25) is 0 Å². The van der Waals surface area contributed by atoms with E-state index in [4.69, 9.17) is 4.74 Å². The Labute approximate surface area is 68.5 Å². The fourth-order valence-electron chi connectivity index (χ4n) is 1.16. The van der Waals surface area contributed by atoms with Gasteiger partial charge in [-0.05, 0) is 6.92 Å². The van der Waals surface area contributed by atoms with E-state index in [9.17, 15) is 0 Å². The van der Waals surface area contributed by atoms with E-state index in [0.717, 1.165) is 39.3 Å². The van der Waals surface area contributed by atoms with Gasteiger partial charge in [0.05, 0.1) is 13.2 Å². The number of hydrogen-bond acceptors (Lipinski definition) is 2. The quantitative estimate of drug-likeness (QED) is 0.542. The number of nitrogens with zero attached hydrogens (tertiary/aromatic N) is 1. The molecular weight excluding hydrogens is 138 g/mol. The molecule has 62 valence electrons. The predicted molar refractivity (Wildman–Crippen MR) is 45.3 cm³/mol. The molecule has 0 amide bonds. The van der Waals surface area contributed by atoms with Crippen molar-refractivity contribution >= 4 is 0 Å². The largest absolute Gasteiger partial charge is 0.379 e. The average molecular weight is 153 g/mol. The van der Waals surface area contributed by atoms with Crippen LogP contribution in [0.3, 0.4) is 0 Å². The summed E-state index contributed by atoms with van der Waals surface area (Å²) in [5, 5.41) is 0. The summed E-state index contributed by atoms with van der Waals surface area (Å²) in [6, 6.07) is 0. The smallest absolute Gasteiger partial charge is 0.0594 e. The lowest BCUT2D eigenvalue weighted by Crippen LogP contribution is -2.36. The number of rotatable bonds is 2. The van der Waals surface area contributed by atoms with Gasteiger partial charge in [-0.15, -0.1) is 11.8 Å². The zero-order valence-corrected chi connectivity index (χ0v) is 7.10. The predicted octanol–water partition coefficient (Wildman–Crippen LogP) is 0.732. The molecule has 0 aromatic rings. The highest BCUT2D eigenvalue weighted by Gasteiger charge is 2.07. The second-order valence-corrected chi connectivity index (χ2v) is 2.63. The maximum Gasteiger partial charge on any atom is 0.0594 e. The molecule has 1 aliphatic rings. The summed E-state index contributed by atoms with van der Waals surface area (Å²) in [6.45, 7) is 6.92. The van der Waals surface area contributed by atoms with Crippen molar-refractivity contribution in [3.05, 3.63) is 0 Å². The molecule has 0 N–H and O–H groups in total. The van der Waals surface area contributed by atoms with Gasteiger partial charge in [-0.1, -0.05) is 0 Å². The lowest BCUT2D eigenvalue weighted by atomic mass is 10.3.